The smallest absolute Gasteiger partial charge is 0.255 e. The molecule has 9 heteroatoms. The van der Waals surface area contributed by atoms with Gasteiger partial charge in [-0.3, -0.25) is 14.8 Å². The predicted molar refractivity (Wildman–Crippen MR) is 137 cm³/mol. The molecule has 0 unspecified atom stereocenters. The zero-order valence-corrected chi connectivity index (χ0v) is 20.6. The average Bonchev–Trinajstić information content (AvgIpc) is 3.32. The van der Waals surface area contributed by atoms with Crippen molar-refractivity contribution >= 4 is 33.9 Å². The van der Waals surface area contributed by atoms with E-state index in [9.17, 15) is 10.1 Å². The van der Waals surface area contributed by atoms with Gasteiger partial charge in [0.1, 0.15) is 0 Å². The molecule has 0 fully saturated rings. The van der Waals surface area contributed by atoms with Crippen molar-refractivity contribution in [2.24, 2.45) is 0 Å². The molecule has 8 nitrogen and oxygen atoms in total. The molecular weight excluding hydrogens is 458 g/mol. The molecule has 2 N–H and O–H groups in total. The minimum Gasteiger partial charge on any atom is -0.322 e. The number of rotatable bonds is 8. The number of thiazole rings is 1. The topological polar surface area (TPSA) is 116 Å². The molecule has 0 radical (unpaired) electrons. The van der Waals surface area contributed by atoms with Gasteiger partial charge >= 0.3 is 0 Å². The van der Waals surface area contributed by atoms with Gasteiger partial charge in [-0.2, -0.15) is 5.26 Å². The zero-order chi connectivity index (χ0) is 24.8. The van der Waals surface area contributed by atoms with E-state index in [2.05, 4.69) is 36.6 Å². The zero-order valence-electron chi connectivity index (χ0n) is 19.7. The molecule has 0 atom stereocenters. The Morgan fingerprint density at radius 1 is 1.03 bits per heavy atom. The lowest BCUT2D eigenvalue weighted by Crippen LogP contribution is -2.23. The highest BCUT2D eigenvalue weighted by Gasteiger charge is 2.28. The van der Waals surface area contributed by atoms with Crippen LogP contribution in [0.3, 0.4) is 0 Å². The molecule has 3 heterocycles. The fourth-order valence-electron chi connectivity index (χ4n) is 3.85. The van der Waals surface area contributed by atoms with E-state index in [0.717, 1.165) is 33.1 Å². The number of hydrogen-bond acceptors (Lipinski definition) is 8. The molecular formula is C26H25N7OS. The van der Waals surface area contributed by atoms with Gasteiger partial charge in [0.05, 0.1) is 17.7 Å². The molecule has 3 aromatic heterocycles. The lowest BCUT2D eigenvalue weighted by atomic mass is 9.79. The summed E-state index contributed by atoms with van der Waals surface area (Å²) in [6.45, 7) is 5.79. The summed E-state index contributed by atoms with van der Waals surface area (Å²) in [4.78, 5) is 30.7. The number of hydrogen-bond donors (Lipinski definition) is 2. The van der Waals surface area contributed by atoms with Crippen LogP contribution in [0.2, 0.25) is 0 Å². The van der Waals surface area contributed by atoms with Crippen LogP contribution in [-0.4, -0.2) is 25.8 Å². The molecule has 0 spiro atoms. The number of aromatic nitrogens is 4. The summed E-state index contributed by atoms with van der Waals surface area (Å²) < 4.78 is 0. The number of nitrogens with zero attached hydrogens (tertiary/aromatic N) is 5. The number of carbonyl (C=O) groups excluding carboxylic acids is 1. The Labute approximate surface area is 208 Å². The van der Waals surface area contributed by atoms with E-state index in [1.807, 2.05) is 39.1 Å². The lowest BCUT2D eigenvalue weighted by molar-refractivity contribution is 0.102. The number of aryl methyl sites for hydroxylation is 2. The molecule has 1 aromatic carbocycles. The van der Waals surface area contributed by atoms with Gasteiger partial charge in [-0.1, -0.05) is 6.07 Å². The van der Waals surface area contributed by atoms with Crippen molar-refractivity contribution in [2.45, 2.75) is 39.0 Å². The highest BCUT2D eigenvalue weighted by atomic mass is 32.1. The van der Waals surface area contributed by atoms with Crippen molar-refractivity contribution in [1.82, 2.24) is 19.9 Å². The van der Waals surface area contributed by atoms with Gasteiger partial charge in [-0.05, 0) is 68.5 Å². The molecule has 0 bridgehead atoms. The molecule has 0 aliphatic rings. The third-order valence-electron chi connectivity index (χ3n) is 5.62. The van der Waals surface area contributed by atoms with Crippen LogP contribution in [-0.2, 0) is 18.3 Å². The third-order valence-corrected chi connectivity index (χ3v) is 6.59. The van der Waals surface area contributed by atoms with Crippen molar-refractivity contribution < 1.29 is 4.79 Å². The summed E-state index contributed by atoms with van der Waals surface area (Å²) in [7, 11) is 0. The van der Waals surface area contributed by atoms with E-state index in [1.54, 1.807) is 54.5 Å². The molecule has 4 aromatic rings. The van der Waals surface area contributed by atoms with Gasteiger partial charge in [0.25, 0.3) is 5.91 Å². The Kier molecular flexibility index (Phi) is 7.13. The van der Waals surface area contributed by atoms with Gasteiger partial charge in [-0.15, -0.1) is 11.3 Å². The number of pyridine rings is 1. The third kappa shape index (κ3) is 5.67. The molecule has 0 aliphatic heterocycles. The second-order valence-corrected chi connectivity index (χ2v) is 9.67. The minimum absolute atomic E-state index is 0.237. The molecule has 176 valence electrons. The van der Waals surface area contributed by atoms with Gasteiger partial charge in [0.15, 0.2) is 10.9 Å². The van der Waals surface area contributed by atoms with Crippen molar-refractivity contribution in [3.8, 4) is 6.07 Å². The van der Waals surface area contributed by atoms with Crippen LogP contribution in [0.5, 0.6) is 0 Å². The van der Waals surface area contributed by atoms with Crippen LogP contribution in [0.15, 0.2) is 61.4 Å². The first kappa shape index (κ1) is 24.0. The maximum atomic E-state index is 12.9. The summed E-state index contributed by atoms with van der Waals surface area (Å²) in [6, 6.07) is 9.60. The number of benzene rings is 1. The highest BCUT2D eigenvalue weighted by molar-refractivity contribution is 7.15. The number of amides is 1. The predicted octanol–water partition coefficient (Wildman–Crippen LogP) is 5.22. The summed E-state index contributed by atoms with van der Waals surface area (Å²) in [5.74, 6) is 0.402. The minimum atomic E-state index is -0.797. The fourth-order valence-corrected chi connectivity index (χ4v) is 4.67. The molecule has 4 rings (SSSR count). The standard InChI is InChI=1S/C26H25N7OS/c1-17-4-7-21(32-24(34)18-8-10-28-11-9-18)23(26(2,3)16-27)20(17)6-5-19-14-31-25(35-19)33-22-15-29-12-13-30-22/h4,7-15H,5-6H2,1-3H3,(H,32,34)(H,30,31,33). The monoisotopic (exact) mass is 483 g/mol. The van der Waals surface area contributed by atoms with Crippen LogP contribution >= 0.6 is 11.3 Å². The lowest BCUT2D eigenvalue weighted by Gasteiger charge is -2.26. The normalized spacial score (nSPS) is 11.0. The molecule has 35 heavy (non-hydrogen) atoms. The van der Waals surface area contributed by atoms with Crippen LogP contribution in [0.25, 0.3) is 0 Å². The number of nitrogens with one attached hydrogen (secondary N) is 2. The first-order valence-electron chi connectivity index (χ1n) is 11.1. The van der Waals surface area contributed by atoms with Crippen LogP contribution in [0.4, 0.5) is 16.6 Å². The van der Waals surface area contributed by atoms with Gasteiger partial charge in [-0.25, -0.2) is 9.97 Å². The second-order valence-electron chi connectivity index (χ2n) is 8.56. The second kappa shape index (κ2) is 10.4. The van der Waals surface area contributed by atoms with E-state index in [-0.39, 0.29) is 5.91 Å². The Morgan fingerprint density at radius 2 is 1.83 bits per heavy atom. The Bertz CT molecular complexity index is 1360. The summed E-state index contributed by atoms with van der Waals surface area (Å²) in [5, 5.41) is 16.9. The van der Waals surface area contributed by atoms with Crippen LogP contribution in [0.1, 0.15) is 45.8 Å². The van der Waals surface area contributed by atoms with Gasteiger partial charge in [0, 0.05) is 47.1 Å². The summed E-state index contributed by atoms with van der Waals surface area (Å²) >= 11 is 1.55. The van der Waals surface area contributed by atoms with E-state index in [4.69, 9.17) is 0 Å². The van der Waals surface area contributed by atoms with Crippen molar-refractivity contribution in [3.05, 3.63) is 88.6 Å². The van der Waals surface area contributed by atoms with Crippen LogP contribution < -0.4 is 10.6 Å². The largest absolute Gasteiger partial charge is 0.322 e. The SMILES string of the molecule is Cc1ccc(NC(=O)c2ccncc2)c(C(C)(C)C#N)c1CCc1cnc(Nc2cnccn2)s1. The molecule has 0 aliphatic carbocycles. The van der Waals surface area contributed by atoms with Crippen LogP contribution in [0, 0.1) is 18.3 Å². The van der Waals surface area contributed by atoms with E-state index in [1.165, 1.54) is 0 Å². The first-order chi connectivity index (χ1) is 16.9. The molecule has 0 saturated heterocycles. The Balaban J connectivity index is 1.59. The number of nitriles is 1. The van der Waals surface area contributed by atoms with Crippen molar-refractivity contribution in [1.29, 1.82) is 5.26 Å². The average molecular weight is 484 g/mol. The Morgan fingerprint density at radius 3 is 2.54 bits per heavy atom. The first-order valence-corrected chi connectivity index (χ1v) is 11.9. The van der Waals surface area contributed by atoms with E-state index in [0.29, 0.717) is 23.5 Å². The summed E-state index contributed by atoms with van der Waals surface area (Å²) in [5.41, 5.74) is 3.33. The van der Waals surface area contributed by atoms with E-state index < -0.39 is 5.41 Å². The quantitative estimate of drug-likeness (QED) is 0.353. The number of carbonyl (C=O) groups is 1. The summed E-state index contributed by atoms with van der Waals surface area (Å²) in [6.07, 6.45) is 11.4. The van der Waals surface area contributed by atoms with Gasteiger partial charge < -0.3 is 10.6 Å². The Hall–Kier alpha value is -4.16. The maximum absolute atomic E-state index is 12.9. The van der Waals surface area contributed by atoms with Gasteiger partial charge in [0.2, 0.25) is 0 Å². The van der Waals surface area contributed by atoms with Crippen molar-refractivity contribution in [3.63, 3.8) is 0 Å². The highest BCUT2D eigenvalue weighted by Crippen LogP contribution is 2.36. The van der Waals surface area contributed by atoms with E-state index >= 15 is 0 Å². The number of anilines is 3. The van der Waals surface area contributed by atoms with Crippen molar-refractivity contribution in [2.75, 3.05) is 10.6 Å². The maximum Gasteiger partial charge on any atom is 0.255 e. The molecule has 0 saturated carbocycles. The molecule has 1 amide bonds. The fraction of sp³-hybridized carbons (Fsp3) is 0.231.